The minimum Gasteiger partial charge on any atom is -0.357 e. The average Bonchev–Trinajstić information content (AvgIpc) is 3.20. The van der Waals surface area contributed by atoms with Gasteiger partial charge in [0.05, 0.1) is 0 Å². The van der Waals surface area contributed by atoms with Gasteiger partial charge in [-0.05, 0) is 49.6 Å². The highest BCUT2D eigenvalue weighted by Gasteiger charge is 2.20. The summed E-state index contributed by atoms with van der Waals surface area (Å²) < 4.78 is 2.02. The first-order valence-electron chi connectivity index (χ1n) is 11.0. The Labute approximate surface area is 188 Å². The molecule has 1 aromatic carbocycles. The lowest BCUT2D eigenvalue weighted by atomic mass is 10.0. The van der Waals surface area contributed by atoms with E-state index in [-0.39, 0.29) is 0 Å². The molecule has 0 aliphatic carbocycles. The Balaban J connectivity index is 1.26. The molecule has 2 N–H and O–H groups in total. The molecule has 3 heterocycles. The molecule has 1 saturated heterocycles. The van der Waals surface area contributed by atoms with Gasteiger partial charge >= 0.3 is 0 Å². The number of rotatable bonds is 7. The van der Waals surface area contributed by atoms with E-state index >= 15 is 0 Å². The van der Waals surface area contributed by atoms with Crippen molar-refractivity contribution in [3.05, 3.63) is 65.1 Å². The second-order valence-corrected chi connectivity index (χ2v) is 8.31. The maximum absolute atomic E-state index is 5.99. The topological polar surface area (TPSA) is 69.8 Å². The normalized spacial score (nSPS) is 16.0. The number of fused-ring (bicyclic) bond motifs is 1. The van der Waals surface area contributed by atoms with Crippen molar-refractivity contribution in [3.8, 4) is 0 Å². The molecule has 2 aromatic heterocycles. The van der Waals surface area contributed by atoms with E-state index in [1.54, 1.807) is 0 Å². The molecule has 0 saturated carbocycles. The molecule has 8 heteroatoms. The van der Waals surface area contributed by atoms with Crippen LogP contribution >= 0.6 is 11.6 Å². The summed E-state index contributed by atoms with van der Waals surface area (Å²) in [5.74, 6) is 1.82. The van der Waals surface area contributed by atoms with Crippen molar-refractivity contribution in [2.24, 2.45) is 4.99 Å². The Morgan fingerprint density at radius 3 is 2.71 bits per heavy atom. The number of pyridine rings is 1. The SMILES string of the molecule is CCNC(=NCCc1nnc2ccccn12)NC1CCN(Cc2ccc(Cl)cc2)CC1. The molecule has 164 valence electrons. The van der Waals surface area contributed by atoms with Crippen LogP contribution in [0.5, 0.6) is 0 Å². The van der Waals surface area contributed by atoms with Crippen LogP contribution in [0.3, 0.4) is 0 Å². The second-order valence-electron chi connectivity index (χ2n) is 7.88. The molecule has 7 nitrogen and oxygen atoms in total. The molecule has 1 aliphatic heterocycles. The van der Waals surface area contributed by atoms with E-state index in [2.05, 4.69) is 44.8 Å². The Morgan fingerprint density at radius 2 is 1.94 bits per heavy atom. The first kappa shape index (κ1) is 21.6. The minimum absolute atomic E-state index is 0.438. The van der Waals surface area contributed by atoms with Crippen molar-refractivity contribution >= 4 is 23.2 Å². The molecule has 0 radical (unpaired) electrons. The van der Waals surface area contributed by atoms with E-state index in [0.29, 0.717) is 12.6 Å². The summed E-state index contributed by atoms with van der Waals surface area (Å²) in [5, 5.41) is 16.3. The van der Waals surface area contributed by atoms with E-state index in [1.165, 1.54) is 5.56 Å². The number of piperidine rings is 1. The zero-order valence-electron chi connectivity index (χ0n) is 18.0. The standard InChI is InChI=1S/C23H30ClN7/c1-2-25-23(26-13-10-22-29-28-21-5-3-4-14-31(21)22)27-20-11-15-30(16-12-20)17-18-6-8-19(24)9-7-18/h3-9,14,20H,2,10-13,15-17H2,1H3,(H2,25,26,27). The number of aromatic nitrogens is 3. The van der Waals surface area contributed by atoms with Gasteiger partial charge in [0.1, 0.15) is 5.82 Å². The lowest BCUT2D eigenvalue weighted by Crippen LogP contribution is -2.48. The van der Waals surface area contributed by atoms with Crippen molar-refractivity contribution < 1.29 is 0 Å². The molecular weight excluding hydrogens is 410 g/mol. The van der Waals surface area contributed by atoms with Gasteiger partial charge in [-0.15, -0.1) is 10.2 Å². The van der Waals surface area contributed by atoms with Gasteiger partial charge in [-0.25, -0.2) is 0 Å². The van der Waals surface area contributed by atoms with Crippen LogP contribution in [-0.4, -0.2) is 57.7 Å². The highest BCUT2D eigenvalue weighted by molar-refractivity contribution is 6.30. The molecule has 0 amide bonds. The summed E-state index contributed by atoms with van der Waals surface area (Å²) >= 11 is 5.99. The number of hydrogen-bond acceptors (Lipinski definition) is 4. The van der Waals surface area contributed by atoms with Gasteiger partial charge in [-0.1, -0.05) is 29.8 Å². The summed E-state index contributed by atoms with van der Waals surface area (Å²) in [4.78, 5) is 7.27. The van der Waals surface area contributed by atoms with Crippen molar-refractivity contribution in [1.82, 2.24) is 30.1 Å². The number of likely N-dealkylation sites (tertiary alicyclic amines) is 1. The van der Waals surface area contributed by atoms with Crippen molar-refractivity contribution in [2.75, 3.05) is 26.2 Å². The Morgan fingerprint density at radius 1 is 1.13 bits per heavy atom. The van der Waals surface area contributed by atoms with E-state index in [9.17, 15) is 0 Å². The minimum atomic E-state index is 0.438. The Hall–Kier alpha value is -2.64. The molecule has 1 aliphatic rings. The summed E-state index contributed by atoms with van der Waals surface area (Å²) in [7, 11) is 0. The summed E-state index contributed by atoms with van der Waals surface area (Å²) in [6.45, 7) is 6.73. The van der Waals surface area contributed by atoms with Crippen LogP contribution < -0.4 is 10.6 Å². The maximum Gasteiger partial charge on any atom is 0.191 e. The highest BCUT2D eigenvalue weighted by atomic mass is 35.5. The van der Waals surface area contributed by atoms with Crippen molar-refractivity contribution in [1.29, 1.82) is 0 Å². The zero-order valence-corrected chi connectivity index (χ0v) is 18.7. The van der Waals surface area contributed by atoms with Crippen molar-refractivity contribution in [3.63, 3.8) is 0 Å². The Bertz CT molecular complexity index is 991. The third-order valence-electron chi connectivity index (χ3n) is 5.58. The predicted molar refractivity (Wildman–Crippen MR) is 126 cm³/mol. The maximum atomic E-state index is 5.99. The van der Waals surface area contributed by atoms with Gasteiger partial charge in [0.2, 0.25) is 0 Å². The molecule has 0 spiro atoms. The molecule has 31 heavy (non-hydrogen) atoms. The summed E-state index contributed by atoms with van der Waals surface area (Å²) in [6, 6.07) is 14.5. The largest absolute Gasteiger partial charge is 0.357 e. The number of benzene rings is 1. The van der Waals surface area contributed by atoms with E-state index in [1.807, 2.05) is 40.9 Å². The first-order chi connectivity index (χ1) is 15.2. The predicted octanol–water partition coefficient (Wildman–Crippen LogP) is 3.14. The van der Waals surface area contributed by atoms with Crippen LogP contribution in [0.4, 0.5) is 0 Å². The van der Waals surface area contributed by atoms with E-state index in [0.717, 1.165) is 67.9 Å². The van der Waals surface area contributed by atoms with Crippen LogP contribution in [-0.2, 0) is 13.0 Å². The molecular formula is C23H30ClN7. The van der Waals surface area contributed by atoms with Crippen molar-refractivity contribution in [2.45, 2.75) is 38.8 Å². The number of aliphatic imine (C=N–C) groups is 1. The number of hydrogen-bond donors (Lipinski definition) is 2. The number of guanidine groups is 1. The summed E-state index contributed by atoms with van der Waals surface area (Å²) in [5.41, 5.74) is 2.18. The third-order valence-corrected chi connectivity index (χ3v) is 5.83. The molecule has 1 fully saturated rings. The third kappa shape index (κ3) is 5.95. The number of nitrogens with one attached hydrogen (secondary N) is 2. The average molecular weight is 440 g/mol. The van der Waals surface area contributed by atoms with Gasteiger partial charge in [0.25, 0.3) is 0 Å². The Kier molecular flexibility index (Phi) is 7.38. The van der Waals surface area contributed by atoms with Gasteiger partial charge in [0, 0.05) is 56.4 Å². The van der Waals surface area contributed by atoms with Gasteiger partial charge in [-0.2, -0.15) is 0 Å². The highest BCUT2D eigenvalue weighted by Crippen LogP contribution is 2.16. The first-order valence-corrected chi connectivity index (χ1v) is 11.4. The molecule has 4 rings (SSSR count). The van der Waals surface area contributed by atoms with Gasteiger partial charge in [-0.3, -0.25) is 14.3 Å². The monoisotopic (exact) mass is 439 g/mol. The van der Waals surface area contributed by atoms with E-state index < -0.39 is 0 Å². The van der Waals surface area contributed by atoms with Crippen LogP contribution in [0.1, 0.15) is 31.2 Å². The molecule has 0 atom stereocenters. The lowest BCUT2D eigenvalue weighted by Gasteiger charge is -2.33. The molecule has 0 unspecified atom stereocenters. The number of halogens is 1. The van der Waals surface area contributed by atoms with Gasteiger partial charge in [0.15, 0.2) is 11.6 Å². The van der Waals surface area contributed by atoms with Crippen LogP contribution in [0.15, 0.2) is 53.7 Å². The second kappa shape index (κ2) is 10.6. The fourth-order valence-electron chi connectivity index (χ4n) is 3.93. The van der Waals surface area contributed by atoms with Crippen LogP contribution in [0.2, 0.25) is 5.02 Å². The zero-order chi connectivity index (χ0) is 21.5. The fraction of sp³-hybridized carbons (Fsp3) is 0.435. The molecule has 3 aromatic rings. The number of nitrogens with zero attached hydrogens (tertiary/aromatic N) is 5. The fourth-order valence-corrected chi connectivity index (χ4v) is 4.05. The van der Waals surface area contributed by atoms with E-state index in [4.69, 9.17) is 16.6 Å². The lowest BCUT2D eigenvalue weighted by molar-refractivity contribution is 0.198. The smallest absolute Gasteiger partial charge is 0.191 e. The molecule has 0 bridgehead atoms. The summed E-state index contributed by atoms with van der Waals surface area (Å²) in [6.07, 6.45) is 4.95. The quantitative estimate of drug-likeness (QED) is 0.437. The van der Waals surface area contributed by atoms with Crippen LogP contribution in [0, 0.1) is 0 Å². The van der Waals surface area contributed by atoms with Gasteiger partial charge < -0.3 is 10.6 Å². The van der Waals surface area contributed by atoms with Crippen LogP contribution in [0.25, 0.3) is 5.65 Å².